The average molecular weight is 291 g/mol. The Bertz CT molecular complexity index is 588. The second kappa shape index (κ2) is 8.02. The second-order valence-corrected chi connectivity index (χ2v) is 4.60. The molecule has 0 aromatic heterocycles. The van der Waals surface area contributed by atoms with E-state index in [0.717, 1.165) is 6.07 Å². The maximum absolute atomic E-state index is 13.3. The Labute approximate surface area is 123 Å². The van der Waals surface area contributed by atoms with Gasteiger partial charge in [0.05, 0.1) is 18.7 Å². The van der Waals surface area contributed by atoms with Crippen LogP contribution < -0.4 is 16.4 Å². The van der Waals surface area contributed by atoms with Gasteiger partial charge in [0.1, 0.15) is 5.82 Å². The molecule has 0 saturated carbocycles. The molecule has 0 unspecified atom stereocenters. The number of carbonyl (C=O) groups excluding carboxylic acids is 2. The van der Waals surface area contributed by atoms with Gasteiger partial charge < -0.3 is 16.4 Å². The van der Waals surface area contributed by atoms with Gasteiger partial charge in [0, 0.05) is 11.6 Å². The summed E-state index contributed by atoms with van der Waals surface area (Å²) in [4.78, 5) is 23.5. The quantitative estimate of drug-likeness (QED) is 0.702. The van der Waals surface area contributed by atoms with E-state index in [2.05, 4.69) is 22.5 Å². The van der Waals surface area contributed by atoms with E-state index < -0.39 is 11.7 Å². The van der Waals surface area contributed by atoms with E-state index >= 15 is 0 Å². The molecule has 1 rings (SSSR count). The fourth-order valence-corrected chi connectivity index (χ4v) is 1.59. The van der Waals surface area contributed by atoms with Gasteiger partial charge in [0.25, 0.3) is 5.91 Å². The zero-order valence-electron chi connectivity index (χ0n) is 12.0. The number of nitrogens with two attached hydrogens (primary N) is 1. The first kappa shape index (κ1) is 16.7. The van der Waals surface area contributed by atoms with Crippen LogP contribution in [0.2, 0.25) is 0 Å². The highest BCUT2D eigenvalue weighted by atomic mass is 19.1. The molecule has 0 bridgehead atoms. The van der Waals surface area contributed by atoms with E-state index in [9.17, 15) is 14.0 Å². The van der Waals surface area contributed by atoms with Crippen LogP contribution >= 0.6 is 0 Å². The van der Waals surface area contributed by atoms with E-state index in [1.54, 1.807) is 0 Å². The molecule has 0 heterocycles. The molecule has 0 fully saturated rings. The lowest BCUT2D eigenvalue weighted by molar-refractivity contribution is -0.120. The van der Waals surface area contributed by atoms with Gasteiger partial charge >= 0.3 is 0 Å². The van der Waals surface area contributed by atoms with Gasteiger partial charge in [-0.05, 0) is 32.0 Å². The van der Waals surface area contributed by atoms with Crippen LogP contribution in [0.15, 0.2) is 18.2 Å². The van der Waals surface area contributed by atoms with Crippen LogP contribution in [0.5, 0.6) is 0 Å². The van der Waals surface area contributed by atoms with Crippen molar-refractivity contribution in [3.05, 3.63) is 35.1 Å². The van der Waals surface area contributed by atoms with Crippen LogP contribution in [0.4, 0.5) is 4.39 Å². The van der Waals surface area contributed by atoms with E-state index in [0.29, 0.717) is 5.56 Å². The summed E-state index contributed by atoms with van der Waals surface area (Å²) in [6.07, 6.45) is 0. The van der Waals surface area contributed by atoms with Crippen molar-refractivity contribution in [2.45, 2.75) is 19.9 Å². The predicted molar refractivity (Wildman–Crippen MR) is 77.9 cm³/mol. The number of hydrogen-bond acceptors (Lipinski definition) is 3. The van der Waals surface area contributed by atoms with Gasteiger partial charge in [0.15, 0.2) is 0 Å². The summed E-state index contributed by atoms with van der Waals surface area (Å²) in [6, 6.07) is 3.68. The number of benzene rings is 1. The van der Waals surface area contributed by atoms with Crippen LogP contribution in [-0.4, -0.2) is 30.9 Å². The minimum atomic E-state index is -0.560. The molecule has 0 saturated heterocycles. The lowest BCUT2D eigenvalue weighted by Gasteiger charge is -2.10. The van der Waals surface area contributed by atoms with Crippen molar-refractivity contribution in [3.63, 3.8) is 0 Å². The highest BCUT2D eigenvalue weighted by Gasteiger charge is 2.13. The Balaban J connectivity index is 2.81. The van der Waals surface area contributed by atoms with E-state index in [-0.39, 0.29) is 30.6 Å². The largest absolute Gasteiger partial charge is 0.352 e. The molecule has 112 valence electrons. The summed E-state index contributed by atoms with van der Waals surface area (Å²) >= 11 is 0. The molecule has 6 heteroatoms. The first-order chi connectivity index (χ1) is 9.93. The van der Waals surface area contributed by atoms with Crippen molar-refractivity contribution in [3.8, 4) is 11.8 Å². The third-order valence-electron chi connectivity index (χ3n) is 2.41. The monoisotopic (exact) mass is 291 g/mol. The number of amides is 2. The maximum Gasteiger partial charge on any atom is 0.253 e. The first-order valence-corrected chi connectivity index (χ1v) is 6.50. The Morgan fingerprint density at radius 3 is 2.71 bits per heavy atom. The fraction of sp³-hybridized carbons (Fsp3) is 0.333. The van der Waals surface area contributed by atoms with Crippen LogP contribution in [0.3, 0.4) is 0 Å². The van der Waals surface area contributed by atoms with Crippen molar-refractivity contribution in [2.24, 2.45) is 5.73 Å². The molecule has 21 heavy (non-hydrogen) atoms. The fourth-order valence-electron chi connectivity index (χ4n) is 1.59. The highest BCUT2D eigenvalue weighted by molar-refractivity contribution is 5.98. The minimum Gasteiger partial charge on any atom is -0.352 e. The minimum absolute atomic E-state index is 0.0189. The van der Waals surface area contributed by atoms with Gasteiger partial charge in [-0.2, -0.15) is 0 Å². The van der Waals surface area contributed by atoms with Crippen LogP contribution in [0.1, 0.15) is 29.8 Å². The molecular weight excluding hydrogens is 273 g/mol. The van der Waals surface area contributed by atoms with Gasteiger partial charge in [-0.1, -0.05) is 11.8 Å². The molecule has 5 nitrogen and oxygen atoms in total. The number of halogens is 1. The van der Waals surface area contributed by atoms with Gasteiger partial charge in [0.2, 0.25) is 5.91 Å². The predicted octanol–water partition coefficient (Wildman–Crippen LogP) is 0.390. The van der Waals surface area contributed by atoms with Crippen LogP contribution in [0.25, 0.3) is 0 Å². The summed E-state index contributed by atoms with van der Waals surface area (Å²) in [5, 5.41) is 5.07. The molecule has 0 spiro atoms. The molecular formula is C15H18FN3O2. The number of hydrogen-bond donors (Lipinski definition) is 3. The standard InChI is InChI=1S/C15H18FN3O2/c1-10(2)19-14(20)9-18-15(21)13-8-12(16)6-5-11(13)4-3-7-17/h5-6,8,10H,7,9,17H2,1-2H3,(H,18,21)(H,19,20). The van der Waals surface area contributed by atoms with Crippen LogP contribution in [0, 0.1) is 17.7 Å². The average Bonchev–Trinajstić information content (AvgIpc) is 2.42. The van der Waals surface area contributed by atoms with Crippen LogP contribution in [-0.2, 0) is 4.79 Å². The third-order valence-corrected chi connectivity index (χ3v) is 2.41. The third kappa shape index (κ3) is 5.63. The number of rotatable bonds is 4. The topological polar surface area (TPSA) is 84.2 Å². The molecule has 1 aromatic carbocycles. The first-order valence-electron chi connectivity index (χ1n) is 6.50. The molecule has 0 aliphatic carbocycles. The van der Waals surface area contributed by atoms with Crippen molar-refractivity contribution in [2.75, 3.05) is 13.1 Å². The maximum atomic E-state index is 13.3. The Hall–Kier alpha value is -2.39. The Kier molecular flexibility index (Phi) is 6.37. The molecule has 0 aliphatic heterocycles. The van der Waals surface area contributed by atoms with Gasteiger partial charge in [-0.3, -0.25) is 9.59 Å². The molecule has 0 radical (unpaired) electrons. The SMILES string of the molecule is CC(C)NC(=O)CNC(=O)c1cc(F)ccc1C#CCN. The van der Waals surface area contributed by atoms with Crippen molar-refractivity contribution >= 4 is 11.8 Å². The van der Waals surface area contributed by atoms with Crippen molar-refractivity contribution < 1.29 is 14.0 Å². The number of nitrogens with one attached hydrogen (secondary N) is 2. The van der Waals surface area contributed by atoms with Gasteiger partial charge in [-0.25, -0.2) is 4.39 Å². The normalized spacial score (nSPS) is 9.76. The zero-order chi connectivity index (χ0) is 15.8. The molecule has 2 amide bonds. The molecule has 1 aromatic rings. The zero-order valence-corrected chi connectivity index (χ0v) is 12.0. The molecule has 0 atom stereocenters. The van der Waals surface area contributed by atoms with E-state index in [1.165, 1.54) is 12.1 Å². The molecule has 4 N–H and O–H groups in total. The van der Waals surface area contributed by atoms with Crippen molar-refractivity contribution in [1.29, 1.82) is 0 Å². The smallest absolute Gasteiger partial charge is 0.253 e. The van der Waals surface area contributed by atoms with E-state index in [4.69, 9.17) is 5.73 Å². The second-order valence-electron chi connectivity index (χ2n) is 4.60. The summed E-state index contributed by atoms with van der Waals surface area (Å²) in [7, 11) is 0. The highest BCUT2D eigenvalue weighted by Crippen LogP contribution is 2.10. The summed E-state index contributed by atoms with van der Waals surface area (Å²) in [6.45, 7) is 3.58. The van der Waals surface area contributed by atoms with E-state index in [1.807, 2.05) is 13.8 Å². The summed E-state index contributed by atoms with van der Waals surface area (Å²) in [5.41, 5.74) is 5.72. The lowest BCUT2D eigenvalue weighted by Crippen LogP contribution is -2.40. The lowest BCUT2D eigenvalue weighted by atomic mass is 10.1. The van der Waals surface area contributed by atoms with Gasteiger partial charge in [-0.15, -0.1) is 0 Å². The Morgan fingerprint density at radius 2 is 2.10 bits per heavy atom. The van der Waals surface area contributed by atoms with Crippen molar-refractivity contribution in [1.82, 2.24) is 10.6 Å². The summed E-state index contributed by atoms with van der Waals surface area (Å²) < 4.78 is 13.3. The molecule has 0 aliphatic rings. The number of carbonyl (C=O) groups is 2. The Morgan fingerprint density at radius 1 is 1.38 bits per heavy atom. The summed E-state index contributed by atoms with van der Waals surface area (Å²) in [5.74, 6) is 3.88.